The maximum absolute atomic E-state index is 12.7. The third-order valence-electron chi connectivity index (χ3n) is 12.2. The van der Waals surface area contributed by atoms with Crippen molar-refractivity contribution in [3.05, 3.63) is 12.2 Å². The Morgan fingerprint density at radius 1 is 0.468 bits per heavy atom. The van der Waals surface area contributed by atoms with Crippen LogP contribution in [0.4, 0.5) is 0 Å². The Balaban J connectivity index is 3.87. The summed E-state index contributed by atoms with van der Waals surface area (Å²) in [4.78, 5) is 22.6. The molecule has 0 aliphatic heterocycles. The second-order valence-corrected chi connectivity index (χ2v) is 19.9. The summed E-state index contributed by atoms with van der Waals surface area (Å²) in [7, 11) is -4.28. The van der Waals surface area contributed by atoms with E-state index in [1.54, 1.807) is 0 Å². The van der Waals surface area contributed by atoms with E-state index < -0.39 is 13.9 Å². The lowest BCUT2D eigenvalue weighted by Crippen LogP contribution is -2.28. The van der Waals surface area contributed by atoms with E-state index in [0.29, 0.717) is 13.0 Å². The molecule has 0 aromatic rings. The van der Waals surface area contributed by atoms with Gasteiger partial charge in [0.1, 0.15) is 6.10 Å². The lowest BCUT2D eigenvalue weighted by molar-refractivity contribution is -0.154. The largest absolute Gasteiger partial charge is 0.472 e. The SMILES string of the molecule is CCCCCCCCCC/C=C\CCCCCCCCCCCCOCC(COP(=O)(O)OCCN)OC(=O)CCCCCCCCCCCCCCCCCCCCCCC. The summed E-state index contributed by atoms with van der Waals surface area (Å²) < 4.78 is 33.6. The van der Waals surface area contributed by atoms with Crippen molar-refractivity contribution >= 4 is 13.8 Å². The molecule has 2 unspecified atom stereocenters. The van der Waals surface area contributed by atoms with Crippen molar-refractivity contribution in [1.82, 2.24) is 0 Å². The van der Waals surface area contributed by atoms with Gasteiger partial charge in [0.25, 0.3) is 0 Å². The smallest absolute Gasteiger partial charge is 0.457 e. The molecule has 0 rings (SSSR count). The molecule has 0 saturated heterocycles. The van der Waals surface area contributed by atoms with Gasteiger partial charge >= 0.3 is 13.8 Å². The van der Waals surface area contributed by atoms with Gasteiger partial charge in [-0.3, -0.25) is 13.8 Å². The number of allylic oxidation sites excluding steroid dienone is 2. The molecule has 0 bridgehead atoms. The lowest BCUT2D eigenvalue weighted by Gasteiger charge is -2.20. The highest BCUT2D eigenvalue weighted by Gasteiger charge is 2.25. The zero-order valence-corrected chi connectivity index (χ0v) is 42.3. The number of esters is 1. The minimum absolute atomic E-state index is 0.0917. The van der Waals surface area contributed by atoms with E-state index in [-0.39, 0.29) is 32.3 Å². The van der Waals surface area contributed by atoms with Crippen LogP contribution in [0.15, 0.2) is 12.2 Å². The van der Waals surface area contributed by atoms with Crippen LogP contribution in [0.25, 0.3) is 0 Å². The Morgan fingerprint density at radius 2 is 0.806 bits per heavy atom. The number of unbranched alkanes of at least 4 members (excludes halogenated alkanes) is 38. The van der Waals surface area contributed by atoms with E-state index in [1.165, 1.54) is 231 Å². The molecule has 0 amide bonds. The predicted octanol–water partition coefficient (Wildman–Crippen LogP) is 17.0. The van der Waals surface area contributed by atoms with Gasteiger partial charge in [0, 0.05) is 19.6 Å². The second kappa shape index (κ2) is 51.2. The number of hydrogen-bond acceptors (Lipinski definition) is 7. The molecule has 0 aromatic heterocycles. The third-order valence-corrected chi connectivity index (χ3v) is 13.2. The summed E-state index contributed by atoms with van der Waals surface area (Å²) in [6.07, 6.45) is 58.2. The van der Waals surface area contributed by atoms with Crippen molar-refractivity contribution in [2.45, 2.75) is 290 Å². The van der Waals surface area contributed by atoms with Crippen LogP contribution >= 0.6 is 7.82 Å². The first kappa shape index (κ1) is 61.2. The number of carbonyl (C=O) groups is 1. The number of carbonyl (C=O) groups excluding carboxylic acids is 1. The van der Waals surface area contributed by atoms with E-state index in [4.69, 9.17) is 24.3 Å². The van der Waals surface area contributed by atoms with E-state index in [0.717, 1.165) is 32.1 Å². The minimum Gasteiger partial charge on any atom is -0.457 e. The summed E-state index contributed by atoms with van der Waals surface area (Å²) in [6.45, 7) is 4.99. The Labute approximate surface area is 385 Å². The fourth-order valence-electron chi connectivity index (χ4n) is 8.17. The van der Waals surface area contributed by atoms with Crippen molar-refractivity contribution < 1.29 is 32.8 Å². The maximum atomic E-state index is 12.7. The average molecular weight is 900 g/mol. The Kier molecular flexibility index (Phi) is 50.6. The fourth-order valence-corrected chi connectivity index (χ4v) is 8.94. The first-order valence-corrected chi connectivity index (χ1v) is 28.7. The van der Waals surface area contributed by atoms with E-state index in [2.05, 4.69) is 26.0 Å². The van der Waals surface area contributed by atoms with Crippen LogP contribution in [-0.2, 0) is 27.9 Å². The number of phosphoric ester groups is 1. The Morgan fingerprint density at radius 3 is 1.18 bits per heavy atom. The normalized spacial score (nSPS) is 13.3. The van der Waals surface area contributed by atoms with Crippen LogP contribution in [0.3, 0.4) is 0 Å². The molecule has 0 aliphatic rings. The summed E-state index contributed by atoms with van der Waals surface area (Å²) in [5.74, 6) is -0.322. The number of phosphoric acid groups is 1. The highest BCUT2D eigenvalue weighted by atomic mass is 31.2. The quantitative estimate of drug-likeness (QED) is 0.0268. The van der Waals surface area contributed by atoms with Crippen molar-refractivity contribution in [3.63, 3.8) is 0 Å². The van der Waals surface area contributed by atoms with Crippen LogP contribution in [-0.4, -0.2) is 49.9 Å². The third kappa shape index (κ3) is 50.2. The van der Waals surface area contributed by atoms with E-state index in [1.807, 2.05) is 0 Å². The molecule has 3 N–H and O–H groups in total. The molecule has 0 radical (unpaired) electrons. The molecular formula is C53H106NO7P. The molecule has 62 heavy (non-hydrogen) atoms. The summed E-state index contributed by atoms with van der Waals surface area (Å²) >= 11 is 0. The summed E-state index contributed by atoms with van der Waals surface area (Å²) in [5.41, 5.74) is 5.40. The summed E-state index contributed by atoms with van der Waals surface area (Å²) in [5, 5.41) is 0. The Bertz CT molecular complexity index is 966. The zero-order valence-electron chi connectivity index (χ0n) is 41.4. The fraction of sp³-hybridized carbons (Fsp3) is 0.943. The Hall–Kier alpha value is -0.760. The van der Waals surface area contributed by atoms with Gasteiger partial charge in [-0.25, -0.2) is 4.57 Å². The zero-order chi connectivity index (χ0) is 45.1. The number of ether oxygens (including phenoxy) is 2. The molecule has 0 spiro atoms. The first-order chi connectivity index (χ1) is 30.4. The lowest BCUT2D eigenvalue weighted by atomic mass is 10.0. The molecule has 2 atom stereocenters. The standard InChI is InChI=1S/C53H106NO7P/c1-3-5-7-9-11-13-15-17-19-21-23-25-27-29-31-33-35-37-39-41-43-45-48-58-50-52(51-60-62(56,57)59-49-47-54)61-53(55)46-44-42-40-38-36-34-32-30-28-26-24-22-20-18-16-14-12-10-8-6-4-2/h21,23,52H,3-20,22,24-51,54H2,1-2H3,(H,56,57)/b23-21-. The summed E-state index contributed by atoms with van der Waals surface area (Å²) in [6, 6.07) is 0. The van der Waals surface area contributed by atoms with Gasteiger partial charge in [-0.05, 0) is 38.5 Å². The predicted molar refractivity (Wildman–Crippen MR) is 266 cm³/mol. The molecule has 0 aromatic carbocycles. The van der Waals surface area contributed by atoms with Gasteiger partial charge in [-0.1, -0.05) is 251 Å². The molecule has 9 heteroatoms. The topological polar surface area (TPSA) is 117 Å². The average Bonchev–Trinajstić information content (AvgIpc) is 3.26. The molecule has 8 nitrogen and oxygen atoms in total. The first-order valence-electron chi connectivity index (χ1n) is 27.2. The molecule has 370 valence electrons. The molecule has 0 fully saturated rings. The van der Waals surface area contributed by atoms with Crippen molar-refractivity contribution in [2.24, 2.45) is 5.73 Å². The van der Waals surface area contributed by atoms with Gasteiger partial charge in [0.2, 0.25) is 0 Å². The number of hydrogen-bond donors (Lipinski definition) is 2. The van der Waals surface area contributed by atoms with E-state index in [9.17, 15) is 14.3 Å². The van der Waals surface area contributed by atoms with Crippen LogP contribution in [0, 0.1) is 0 Å². The minimum atomic E-state index is -4.28. The van der Waals surface area contributed by atoms with Crippen LogP contribution in [0.2, 0.25) is 0 Å². The number of rotatable bonds is 53. The maximum Gasteiger partial charge on any atom is 0.472 e. The van der Waals surface area contributed by atoms with Gasteiger partial charge in [0.15, 0.2) is 0 Å². The van der Waals surface area contributed by atoms with E-state index >= 15 is 0 Å². The van der Waals surface area contributed by atoms with Gasteiger partial charge in [0.05, 0.1) is 19.8 Å². The van der Waals surface area contributed by atoms with Crippen molar-refractivity contribution in [2.75, 3.05) is 33.0 Å². The van der Waals surface area contributed by atoms with Crippen molar-refractivity contribution in [1.29, 1.82) is 0 Å². The van der Waals surface area contributed by atoms with Crippen LogP contribution in [0.1, 0.15) is 284 Å². The second-order valence-electron chi connectivity index (χ2n) is 18.5. The van der Waals surface area contributed by atoms with Crippen LogP contribution in [0.5, 0.6) is 0 Å². The highest BCUT2D eigenvalue weighted by molar-refractivity contribution is 7.47. The van der Waals surface area contributed by atoms with Crippen LogP contribution < -0.4 is 5.73 Å². The van der Waals surface area contributed by atoms with Gasteiger partial charge < -0.3 is 20.1 Å². The molecular weight excluding hydrogens is 794 g/mol. The molecule has 0 aliphatic carbocycles. The van der Waals surface area contributed by atoms with Gasteiger partial charge in [-0.2, -0.15) is 0 Å². The highest BCUT2D eigenvalue weighted by Crippen LogP contribution is 2.43. The molecule has 0 heterocycles. The molecule has 0 saturated carbocycles. The number of nitrogens with two attached hydrogens (primary N) is 1. The monoisotopic (exact) mass is 900 g/mol. The van der Waals surface area contributed by atoms with Gasteiger partial charge in [-0.15, -0.1) is 0 Å². The van der Waals surface area contributed by atoms with Crippen molar-refractivity contribution in [3.8, 4) is 0 Å².